The summed E-state index contributed by atoms with van der Waals surface area (Å²) < 4.78 is 26.9. The SMILES string of the molecule is Cc1ccsc1C(=O)C1CCCN(S(=O)(=O)N(C)C)C1. The van der Waals surface area contributed by atoms with Crippen LogP contribution in [0.2, 0.25) is 0 Å². The lowest BCUT2D eigenvalue weighted by atomic mass is 9.93. The molecule has 0 N–H and O–H groups in total. The van der Waals surface area contributed by atoms with Crippen LogP contribution in [0.4, 0.5) is 0 Å². The Balaban J connectivity index is 2.16. The summed E-state index contributed by atoms with van der Waals surface area (Å²) in [6, 6.07) is 1.93. The lowest BCUT2D eigenvalue weighted by molar-refractivity contribution is 0.0874. The van der Waals surface area contributed by atoms with Crippen LogP contribution in [0.1, 0.15) is 28.1 Å². The number of nitrogens with zero attached hydrogens (tertiary/aromatic N) is 2. The van der Waals surface area contributed by atoms with E-state index in [9.17, 15) is 13.2 Å². The fraction of sp³-hybridized carbons (Fsp3) is 0.615. The molecule has 0 aliphatic carbocycles. The van der Waals surface area contributed by atoms with Gasteiger partial charge in [-0.1, -0.05) is 0 Å². The summed E-state index contributed by atoms with van der Waals surface area (Å²) in [5.41, 5.74) is 0.979. The van der Waals surface area contributed by atoms with Gasteiger partial charge in [-0.15, -0.1) is 11.3 Å². The van der Waals surface area contributed by atoms with Crippen LogP contribution in [0, 0.1) is 12.8 Å². The summed E-state index contributed by atoms with van der Waals surface area (Å²) in [6.45, 7) is 2.70. The molecule has 1 fully saturated rings. The Labute approximate surface area is 124 Å². The molecule has 1 aliphatic rings. The number of ketones is 1. The second kappa shape index (κ2) is 5.93. The van der Waals surface area contributed by atoms with E-state index in [1.165, 1.54) is 34.0 Å². The molecule has 0 aromatic carbocycles. The van der Waals surface area contributed by atoms with Crippen LogP contribution in [-0.2, 0) is 10.2 Å². The lowest BCUT2D eigenvalue weighted by Crippen LogP contribution is -2.46. The minimum absolute atomic E-state index is 0.0798. The van der Waals surface area contributed by atoms with Crippen molar-refractivity contribution in [3.8, 4) is 0 Å². The van der Waals surface area contributed by atoms with E-state index in [0.717, 1.165) is 23.3 Å². The number of hydrogen-bond donors (Lipinski definition) is 0. The first-order valence-corrected chi connectivity index (χ1v) is 8.87. The van der Waals surface area contributed by atoms with E-state index in [0.29, 0.717) is 6.54 Å². The molecule has 1 saturated heterocycles. The van der Waals surface area contributed by atoms with Crippen molar-refractivity contribution in [3.05, 3.63) is 21.9 Å². The topological polar surface area (TPSA) is 57.7 Å². The van der Waals surface area contributed by atoms with Gasteiger partial charge in [-0.05, 0) is 36.8 Å². The standard InChI is InChI=1S/C13H20N2O3S2/c1-10-6-8-19-13(10)12(16)11-5-4-7-15(9-11)20(17,18)14(2)3/h6,8,11H,4-5,7,9H2,1-3H3. The smallest absolute Gasteiger partial charge is 0.281 e. The molecule has 0 radical (unpaired) electrons. The molecule has 1 unspecified atom stereocenters. The molecule has 5 nitrogen and oxygen atoms in total. The molecular formula is C13H20N2O3S2. The van der Waals surface area contributed by atoms with Crippen LogP contribution >= 0.6 is 11.3 Å². The fourth-order valence-electron chi connectivity index (χ4n) is 2.41. The van der Waals surface area contributed by atoms with Gasteiger partial charge in [0.2, 0.25) is 0 Å². The Morgan fingerprint density at radius 2 is 2.15 bits per heavy atom. The van der Waals surface area contributed by atoms with E-state index in [2.05, 4.69) is 0 Å². The van der Waals surface area contributed by atoms with Crippen LogP contribution < -0.4 is 0 Å². The maximum atomic E-state index is 12.5. The van der Waals surface area contributed by atoms with Crippen molar-refractivity contribution in [1.82, 2.24) is 8.61 Å². The van der Waals surface area contributed by atoms with Crippen LogP contribution in [0.5, 0.6) is 0 Å². The quantitative estimate of drug-likeness (QED) is 0.795. The van der Waals surface area contributed by atoms with Gasteiger partial charge in [-0.2, -0.15) is 17.0 Å². The van der Waals surface area contributed by atoms with E-state index in [1.54, 1.807) is 0 Å². The van der Waals surface area contributed by atoms with E-state index >= 15 is 0 Å². The average Bonchev–Trinajstić information content (AvgIpc) is 2.84. The van der Waals surface area contributed by atoms with Gasteiger partial charge in [0.1, 0.15) is 0 Å². The van der Waals surface area contributed by atoms with Gasteiger partial charge in [0.05, 0.1) is 4.88 Å². The van der Waals surface area contributed by atoms with Gasteiger partial charge in [0, 0.05) is 33.1 Å². The highest BCUT2D eigenvalue weighted by atomic mass is 32.2. The molecule has 112 valence electrons. The summed E-state index contributed by atoms with van der Waals surface area (Å²) in [7, 11) is -0.391. The van der Waals surface area contributed by atoms with E-state index in [-0.39, 0.29) is 18.2 Å². The van der Waals surface area contributed by atoms with Gasteiger partial charge < -0.3 is 0 Å². The molecule has 1 aromatic heterocycles. The molecule has 1 atom stereocenters. The zero-order valence-electron chi connectivity index (χ0n) is 12.0. The highest BCUT2D eigenvalue weighted by Gasteiger charge is 2.34. The van der Waals surface area contributed by atoms with E-state index in [1.807, 2.05) is 18.4 Å². The van der Waals surface area contributed by atoms with Crippen molar-refractivity contribution in [1.29, 1.82) is 0 Å². The number of hydrogen-bond acceptors (Lipinski definition) is 4. The fourth-order valence-corrected chi connectivity index (χ4v) is 4.54. The summed E-state index contributed by atoms with van der Waals surface area (Å²) in [6.07, 6.45) is 1.49. The van der Waals surface area contributed by atoms with Gasteiger partial charge in [0.15, 0.2) is 5.78 Å². The largest absolute Gasteiger partial charge is 0.293 e. The van der Waals surface area contributed by atoms with Crippen LogP contribution in [0.3, 0.4) is 0 Å². The van der Waals surface area contributed by atoms with Gasteiger partial charge >= 0.3 is 0 Å². The number of rotatable bonds is 4. The Hall–Kier alpha value is -0.760. The molecule has 1 aliphatic heterocycles. The Morgan fingerprint density at radius 3 is 2.70 bits per heavy atom. The molecular weight excluding hydrogens is 296 g/mol. The molecule has 0 bridgehead atoms. The van der Waals surface area contributed by atoms with Gasteiger partial charge in [0.25, 0.3) is 10.2 Å². The second-order valence-corrected chi connectivity index (χ2v) is 8.34. The normalized spacial score (nSPS) is 21.3. The highest BCUT2D eigenvalue weighted by molar-refractivity contribution is 7.86. The van der Waals surface area contributed by atoms with Crippen molar-refractivity contribution >= 4 is 27.3 Å². The third kappa shape index (κ3) is 2.95. The second-order valence-electron chi connectivity index (χ2n) is 5.28. The maximum absolute atomic E-state index is 12.5. The molecule has 7 heteroatoms. The average molecular weight is 316 g/mol. The first kappa shape index (κ1) is 15.6. The molecule has 0 spiro atoms. The minimum atomic E-state index is -3.43. The molecule has 0 amide bonds. The van der Waals surface area contributed by atoms with Crippen molar-refractivity contribution in [2.24, 2.45) is 5.92 Å². The van der Waals surface area contributed by atoms with E-state index < -0.39 is 10.2 Å². The number of carbonyl (C=O) groups excluding carboxylic acids is 1. The van der Waals surface area contributed by atoms with Crippen LogP contribution in [0.25, 0.3) is 0 Å². The first-order chi connectivity index (χ1) is 9.34. The van der Waals surface area contributed by atoms with Gasteiger partial charge in [-0.3, -0.25) is 4.79 Å². The lowest BCUT2D eigenvalue weighted by Gasteiger charge is -2.32. The predicted octanol–water partition coefficient (Wildman–Crippen LogP) is 1.76. The third-order valence-corrected chi connectivity index (χ3v) is 6.57. The highest BCUT2D eigenvalue weighted by Crippen LogP contribution is 2.27. The molecule has 0 saturated carbocycles. The molecule has 1 aromatic rings. The zero-order chi connectivity index (χ0) is 14.9. The number of carbonyl (C=O) groups is 1. The Morgan fingerprint density at radius 1 is 1.45 bits per heavy atom. The number of thiophene rings is 1. The van der Waals surface area contributed by atoms with Crippen molar-refractivity contribution < 1.29 is 13.2 Å². The molecule has 2 rings (SSSR count). The summed E-state index contributed by atoms with van der Waals surface area (Å²) in [5, 5.41) is 1.90. The summed E-state index contributed by atoms with van der Waals surface area (Å²) in [5.74, 6) is -0.146. The molecule has 2 heterocycles. The van der Waals surface area contributed by atoms with E-state index in [4.69, 9.17) is 0 Å². The number of piperidine rings is 1. The monoisotopic (exact) mass is 316 g/mol. The third-order valence-electron chi connectivity index (χ3n) is 3.63. The van der Waals surface area contributed by atoms with Crippen molar-refractivity contribution in [2.45, 2.75) is 19.8 Å². The van der Waals surface area contributed by atoms with Crippen LogP contribution in [-0.4, -0.2) is 50.0 Å². The summed E-state index contributed by atoms with van der Waals surface area (Å²) >= 11 is 1.44. The summed E-state index contributed by atoms with van der Waals surface area (Å²) in [4.78, 5) is 13.3. The van der Waals surface area contributed by atoms with Gasteiger partial charge in [-0.25, -0.2) is 0 Å². The van der Waals surface area contributed by atoms with Crippen LogP contribution in [0.15, 0.2) is 11.4 Å². The Bertz CT molecular complexity index is 593. The van der Waals surface area contributed by atoms with Crippen molar-refractivity contribution in [3.63, 3.8) is 0 Å². The minimum Gasteiger partial charge on any atom is -0.293 e. The zero-order valence-corrected chi connectivity index (χ0v) is 13.6. The first-order valence-electron chi connectivity index (χ1n) is 6.60. The van der Waals surface area contributed by atoms with Crippen molar-refractivity contribution in [2.75, 3.05) is 27.2 Å². The number of Topliss-reactive ketones (excluding diaryl/α,β-unsaturated/α-hetero) is 1. The number of aryl methyl sites for hydroxylation is 1. The maximum Gasteiger partial charge on any atom is 0.281 e. The molecule has 20 heavy (non-hydrogen) atoms. The predicted molar refractivity (Wildman–Crippen MR) is 80.3 cm³/mol. The Kier molecular flexibility index (Phi) is 4.63.